The zero-order valence-corrected chi connectivity index (χ0v) is 16.3. The minimum Gasteiger partial charge on any atom is -0.480 e. The van der Waals surface area contributed by atoms with Gasteiger partial charge in [-0.25, -0.2) is 4.98 Å². The number of aromatic nitrogens is 4. The molecule has 0 aliphatic rings. The van der Waals surface area contributed by atoms with Crippen LogP contribution < -0.4 is 10.1 Å². The van der Waals surface area contributed by atoms with E-state index in [2.05, 4.69) is 41.3 Å². The highest BCUT2D eigenvalue weighted by molar-refractivity contribution is 5.76. The van der Waals surface area contributed by atoms with E-state index in [-0.39, 0.29) is 6.04 Å². The molecule has 0 radical (unpaired) electrons. The minimum atomic E-state index is 0.290. The predicted molar refractivity (Wildman–Crippen MR) is 101 cm³/mol. The van der Waals surface area contributed by atoms with Crippen molar-refractivity contribution in [1.29, 1.82) is 0 Å². The zero-order chi connectivity index (χ0) is 19.0. The standard InChI is InChI=1S/C19H25N5O2/c1-10(2)24-13(5)18(12(4)22-24)21-16-8-15(9-20-19(16)25-7)17-11(3)23-26-14(17)6/h8-10,21H,1-7H3. The molecule has 0 aliphatic carbocycles. The van der Waals surface area contributed by atoms with E-state index >= 15 is 0 Å². The van der Waals surface area contributed by atoms with Gasteiger partial charge in [-0.05, 0) is 47.6 Å². The molecule has 26 heavy (non-hydrogen) atoms. The van der Waals surface area contributed by atoms with Gasteiger partial charge < -0.3 is 14.6 Å². The van der Waals surface area contributed by atoms with Gasteiger partial charge in [0.25, 0.3) is 0 Å². The molecule has 0 bridgehead atoms. The Kier molecular flexibility index (Phi) is 4.71. The predicted octanol–water partition coefficient (Wildman–Crippen LogP) is 4.50. The Hall–Kier alpha value is -2.83. The molecular weight excluding hydrogens is 330 g/mol. The molecule has 7 heteroatoms. The van der Waals surface area contributed by atoms with Crippen LogP contribution in [0.5, 0.6) is 5.88 Å². The van der Waals surface area contributed by atoms with Crippen LogP contribution in [0, 0.1) is 27.7 Å². The summed E-state index contributed by atoms with van der Waals surface area (Å²) in [6.45, 7) is 12.1. The molecule has 3 heterocycles. The van der Waals surface area contributed by atoms with E-state index in [0.717, 1.165) is 45.3 Å². The van der Waals surface area contributed by atoms with Gasteiger partial charge in [0, 0.05) is 23.4 Å². The maximum atomic E-state index is 5.44. The van der Waals surface area contributed by atoms with Gasteiger partial charge in [0.1, 0.15) is 11.4 Å². The van der Waals surface area contributed by atoms with Crippen LogP contribution >= 0.6 is 0 Å². The number of rotatable bonds is 5. The lowest BCUT2D eigenvalue weighted by atomic mass is 10.1. The number of methoxy groups -OCH3 is 1. The summed E-state index contributed by atoms with van der Waals surface area (Å²) in [4.78, 5) is 4.45. The topological polar surface area (TPSA) is 78.0 Å². The second-order valence-corrected chi connectivity index (χ2v) is 6.69. The van der Waals surface area contributed by atoms with E-state index < -0.39 is 0 Å². The molecule has 3 aromatic heterocycles. The van der Waals surface area contributed by atoms with Crippen LogP contribution in [0.2, 0.25) is 0 Å². The second-order valence-electron chi connectivity index (χ2n) is 6.69. The summed E-state index contributed by atoms with van der Waals surface area (Å²) >= 11 is 0. The molecule has 0 unspecified atom stereocenters. The normalized spacial score (nSPS) is 11.2. The first-order valence-electron chi connectivity index (χ1n) is 8.63. The quantitative estimate of drug-likeness (QED) is 0.726. The Morgan fingerprint density at radius 2 is 1.88 bits per heavy atom. The van der Waals surface area contributed by atoms with Gasteiger partial charge in [-0.1, -0.05) is 5.16 Å². The molecule has 0 aliphatic heterocycles. The van der Waals surface area contributed by atoms with Gasteiger partial charge in [0.05, 0.1) is 29.9 Å². The van der Waals surface area contributed by atoms with Gasteiger partial charge in [-0.3, -0.25) is 4.68 Å². The molecule has 0 aromatic carbocycles. The van der Waals surface area contributed by atoms with Crippen molar-refractivity contribution in [3.63, 3.8) is 0 Å². The highest BCUT2D eigenvalue weighted by atomic mass is 16.5. The molecule has 0 amide bonds. The number of nitrogens with one attached hydrogen (secondary N) is 1. The molecule has 0 fully saturated rings. The van der Waals surface area contributed by atoms with Crippen molar-refractivity contribution < 1.29 is 9.26 Å². The van der Waals surface area contributed by atoms with Crippen LogP contribution in [-0.4, -0.2) is 27.0 Å². The fourth-order valence-corrected chi connectivity index (χ4v) is 3.22. The Bertz CT molecular complexity index is 920. The molecule has 0 spiro atoms. The highest BCUT2D eigenvalue weighted by Gasteiger charge is 2.18. The van der Waals surface area contributed by atoms with E-state index in [1.165, 1.54) is 0 Å². The Balaban J connectivity index is 2.07. The largest absolute Gasteiger partial charge is 0.480 e. The lowest BCUT2D eigenvalue weighted by Crippen LogP contribution is -2.05. The van der Waals surface area contributed by atoms with Crippen molar-refractivity contribution in [1.82, 2.24) is 19.9 Å². The van der Waals surface area contributed by atoms with Crippen LogP contribution in [-0.2, 0) is 0 Å². The van der Waals surface area contributed by atoms with Crippen molar-refractivity contribution in [3.05, 3.63) is 35.1 Å². The molecule has 3 aromatic rings. The average Bonchev–Trinajstić information content (AvgIpc) is 3.08. The van der Waals surface area contributed by atoms with Crippen LogP contribution in [0.3, 0.4) is 0 Å². The second kappa shape index (κ2) is 6.82. The van der Waals surface area contributed by atoms with Crippen molar-refractivity contribution in [2.75, 3.05) is 12.4 Å². The van der Waals surface area contributed by atoms with Crippen LogP contribution in [0.1, 0.15) is 42.7 Å². The number of aryl methyl sites for hydroxylation is 3. The van der Waals surface area contributed by atoms with E-state index in [1.807, 2.05) is 31.5 Å². The van der Waals surface area contributed by atoms with Crippen molar-refractivity contribution in [2.45, 2.75) is 47.6 Å². The van der Waals surface area contributed by atoms with Gasteiger partial charge >= 0.3 is 0 Å². The lowest BCUT2D eigenvalue weighted by molar-refractivity contribution is 0.393. The number of hydrogen-bond donors (Lipinski definition) is 1. The molecule has 0 saturated carbocycles. The minimum absolute atomic E-state index is 0.290. The molecule has 0 atom stereocenters. The van der Waals surface area contributed by atoms with Crippen molar-refractivity contribution >= 4 is 11.4 Å². The number of hydrogen-bond acceptors (Lipinski definition) is 6. The van der Waals surface area contributed by atoms with Crippen molar-refractivity contribution in [3.8, 4) is 17.0 Å². The first-order chi connectivity index (χ1) is 12.3. The summed E-state index contributed by atoms with van der Waals surface area (Å²) < 4.78 is 12.7. The molecule has 1 N–H and O–H groups in total. The van der Waals surface area contributed by atoms with E-state index in [4.69, 9.17) is 9.26 Å². The highest BCUT2D eigenvalue weighted by Crippen LogP contribution is 2.35. The number of anilines is 2. The van der Waals surface area contributed by atoms with Gasteiger partial charge in [0.2, 0.25) is 5.88 Å². The Morgan fingerprint density at radius 1 is 1.15 bits per heavy atom. The monoisotopic (exact) mass is 355 g/mol. The summed E-state index contributed by atoms with van der Waals surface area (Å²) in [6, 6.07) is 2.29. The first-order valence-corrected chi connectivity index (χ1v) is 8.63. The summed E-state index contributed by atoms with van der Waals surface area (Å²) in [5.41, 5.74) is 6.46. The van der Waals surface area contributed by atoms with Gasteiger partial charge in [-0.2, -0.15) is 5.10 Å². The van der Waals surface area contributed by atoms with Crippen molar-refractivity contribution in [2.24, 2.45) is 0 Å². The number of ether oxygens (including phenoxy) is 1. The maximum Gasteiger partial charge on any atom is 0.237 e. The number of nitrogens with zero attached hydrogens (tertiary/aromatic N) is 4. The van der Waals surface area contributed by atoms with Gasteiger partial charge in [0.15, 0.2) is 0 Å². The molecular formula is C19H25N5O2. The van der Waals surface area contributed by atoms with Crippen LogP contribution in [0.15, 0.2) is 16.8 Å². The smallest absolute Gasteiger partial charge is 0.237 e. The van der Waals surface area contributed by atoms with Crippen LogP contribution in [0.25, 0.3) is 11.1 Å². The maximum absolute atomic E-state index is 5.44. The lowest BCUT2D eigenvalue weighted by Gasteiger charge is -2.13. The third-order valence-electron chi connectivity index (χ3n) is 4.44. The summed E-state index contributed by atoms with van der Waals surface area (Å²) in [5.74, 6) is 1.29. The summed E-state index contributed by atoms with van der Waals surface area (Å²) in [5, 5.41) is 12.1. The fourth-order valence-electron chi connectivity index (χ4n) is 3.22. The SMILES string of the molecule is COc1ncc(-c2c(C)noc2C)cc1Nc1c(C)nn(C(C)C)c1C. The van der Waals surface area contributed by atoms with Gasteiger partial charge in [-0.15, -0.1) is 0 Å². The molecule has 7 nitrogen and oxygen atoms in total. The van der Waals surface area contributed by atoms with Crippen LogP contribution in [0.4, 0.5) is 11.4 Å². The third kappa shape index (κ3) is 3.05. The number of pyridine rings is 1. The van der Waals surface area contributed by atoms with E-state index in [9.17, 15) is 0 Å². The Labute approximate surface area is 153 Å². The average molecular weight is 355 g/mol. The summed E-state index contributed by atoms with van der Waals surface area (Å²) in [7, 11) is 1.61. The van der Waals surface area contributed by atoms with E-state index in [0.29, 0.717) is 5.88 Å². The Morgan fingerprint density at radius 3 is 2.42 bits per heavy atom. The summed E-state index contributed by atoms with van der Waals surface area (Å²) in [6.07, 6.45) is 1.77. The van der Waals surface area contributed by atoms with E-state index in [1.54, 1.807) is 13.3 Å². The fraction of sp³-hybridized carbons (Fsp3) is 0.421. The first kappa shape index (κ1) is 18.0. The molecule has 0 saturated heterocycles. The molecule has 3 rings (SSSR count). The third-order valence-corrected chi connectivity index (χ3v) is 4.44. The molecule has 138 valence electrons. The zero-order valence-electron chi connectivity index (χ0n) is 16.3.